The topological polar surface area (TPSA) is 9.23 Å². The molecular weight excluding hydrogens is 286 g/mol. The van der Waals surface area contributed by atoms with Crippen LogP contribution in [0.4, 0.5) is 0 Å². The van der Waals surface area contributed by atoms with Crippen molar-refractivity contribution in [2.75, 3.05) is 0 Å². The Hall–Kier alpha value is 0.0300. The molecule has 0 radical (unpaired) electrons. The van der Waals surface area contributed by atoms with Crippen LogP contribution in [0.5, 0.6) is 5.75 Å². The van der Waals surface area contributed by atoms with Crippen molar-refractivity contribution in [2.24, 2.45) is 0 Å². The molecule has 0 spiro atoms. The van der Waals surface area contributed by atoms with Gasteiger partial charge in [0.1, 0.15) is 5.75 Å². The fourth-order valence-electron chi connectivity index (χ4n) is 1.89. The number of para-hydroxylation sites is 1. The lowest BCUT2D eigenvalue weighted by Gasteiger charge is -2.29. The Bertz CT molecular complexity index is 385. The van der Waals surface area contributed by atoms with E-state index >= 15 is 0 Å². The number of hydrogen-bond donors (Lipinski definition) is 0. The molecule has 0 N–H and O–H groups in total. The summed E-state index contributed by atoms with van der Waals surface area (Å²) in [4.78, 5) is 0. The first-order valence-electron chi connectivity index (χ1n) is 5.97. The van der Waals surface area contributed by atoms with Crippen LogP contribution in [0.1, 0.15) is 52.7 Å². The van der Waals surface area contributed by atoms with E-state index in [9.17, 15) is 0 Å². The molecule has 1 nitrogen and oxygen atoms in total. The maximum absolute atomic E-state index is 5.86. The van der Waals surface area contributed by atoms with Gasteiger partial charge in [0.25, 0.3) is 6.85 Å². The van der Waals surface area contributed by atoms with E-state index in [-0.39, 0.29) is 10.8 Å². The molecule has 0 saturated carbocycles. The summed E-state index contributed by atoms with van der Waals surface area (Å²) < 4.78 is 5.73. The van der Waals surface area contributed by atoms with E-state index in [1.165, 1.54) is 0 Å². The van der Waals surface area contributed by atoms with Crippen LogP contribution in [0.25, 0.3) is 0 Å². The predicted molar refractivity (Wildman–Crippen MR) is 83.1 cm³/mol. The Labute approximate surface area is 121 Å². The molecule has 1 aromatic carbocycles. The Morgan fingerprint density at radius 2 is 1.28 bits per heavy atom. The van der Waals surface area contributed by atoms with Crippen molar-refractivity contribution >= 4 is 29.3 Å². The lowest BCUT2D eigenvalue weighted by Crippen LogP contribution is -2.18. The fourth-order valence-corrected chi connectivity index (χ4v) is 2.63. The van der Waals surface area contributed by atoms with Gasteiger partial charge in [0.2, 0.25) is 0 Å². The molecule has 0 aliphatic carbocycles. The summed E-state index contributed by atoms with van der Waals surface area (Å²) in [6, 6.07) is 6.23. The first-order valence-corrected chi connectivity index (χ1v) is 9.04. The maximum Gasteiger partial charge on any atom is 0.284 e. The van der Waals surface area contributed by atoms with Crippen molar-refractivity contribution in [1.29, 1.82) is 0 Å². The molecule has 102 valence electrons. The molecule has 0 bridgehead atoms. The van der Waals surface area contributed by atoms with Crippen LogP contribution in [0.3, 0.4) is 0 Å². The summed E-state index contributed by atoms with van der Waals surface area (Å²) in [6.07, 6.45) is 0. The fraction of sp³-hybridized carbons (Fsp3) is 0.571. The zero-order valence-electron chi connectivity index (χ0n) is 11.8. The van der Waals surface area contributed by atoms with Crippen molar-refractivity contribution in [1.82, 2.24) is 0 Å². The van der Waals surface area contributed by atoms with Gasteiger partial charge in [0.15, 0.2) is 0 Å². The van der Waals surface area contributed by atoms with Gasteiger partial charge in [-0.25, -0.2) is 0 Å². The van der Waals surface area contributed by atoms with Gasteiger partial charge >= 0.3 is 0 Å². The average molecular weight is 307 g/mol. The molecule has 0 aliphatic heterocycles. The molecule has 0 atom stereocenters. The molecule has 1 aromatic rings. The normalized spacial score (nSPS) is 12.9. The highest BCUT2D eigenvalue weighted by atomic mass is 35.9. The van der Waals surface area contributed by atoms with Gasteiger partial charge in [0, 0.05) is 11.1 Å². The Morgan fingerprint density at radius 3 is 1.56 bits per heavy atom. The highest BCUT2D eigenvalue weighted by Crippen LogP contribution is 2.52. The molecule has 0 saturated heterocycles. The molecule has 4 heteroatoms. The zero-order valence-corrected chi connectivity index (χ0v) is 14.2. The van der Waals surface area contributed by atoms with E-state index in [2.05, 4.69) is 59.7 Å². The Kier molecular flexibility index (Phi) is 4.98. The van der Waals surface area contributed by atoms with Crippen LogP contribution in [-0.2, 0) is 10.8 Å². The first-order chi connectivity index (χ1) is 8.03. The number of rotatable bonds is 2. The largest absolute Gasteiger partial charge is 0.444 e. The predicted octanol–water partition coefficient (Wildman–Crippen LogP) is 6.36. The van der Waals surface area contributed by atoms with Crippen molar-refractivity contribution in [3.63, 3.8) is 0 Å². The molecule has 1 rings (SSSR count). The molecule has 0 unspecified atom stereocenters. The minimum absolute atomic E-state index is 0.00425. The van der Waals surface area contributed by atoms with Gasteiger partial charge < -0.3 is 4.52 Å². The van der Waals surface area contributed by atoms with Crippen molar-refractivity contribution < 1.29 is 4.52 Å². The van der Waals surface area contributed by atoms with E-state index in [1.54, 1.807) is 0 Å². The quantitative estimate of drug-likeness (QED) is 0.577. The van der Waals surface area contributed by atoms with Crippen LogP contribution in [0.2, 0.25) is 0 Å². The van der Waals surface area contributed by atoms with E-state index in [0.29, 0.717) is 0 Å². The molecule has 0 aromatic heterocycles. The lowest BCUT2D eigenvalue weighted by atomic mass is 9.80. The van der Waals surface area contributed by atoms with Gasteiger partial charge in [0.05, 0.1) is 0 Å². The number of halogens is 2. The highest BCUT2D eigenvalue weighted by Gasteiger charge is 2.27. The van der Waals surface area contributed by atoms with Crippen molar-refractivity contribution in [2.45, 2.75) is 52.4 Å². The van der Waals surface area contributed by atoms with Crippen LogP contribution < -0.4 is 4.52 Å². The maximum atomic E-state index is 5.86. The number of hydrogen-bond acceptors (Lipinski definition) is 1. The first kappa shape index (κ1) is 16.1. The summed E-state index contributed by atoms with van der Waals surface area (Å²) in [5.41, 5.74) is 2.28. The Morgan fingerprint density at radius 1 is 0.889 bits per heavy atom. The molecule has 0 amide bonds. The highest BCUT2D eigenvalue weighted by molar-refractivity contribution is 8.00. The smallest absolute Gasteiger partial charge is 0.284 e. The third-order valence-electron chi connectivity index (χ3n) is 2.79. The van der Waals surface area contributed by atoms with E-state index in [0.717, 1.165) is 16.9 Å². The van der Waals surface area contributed by atoms with Gasteiger partial charge in [-0.05, 0) is 33.3 Å². The van der Waals surface area contributed by atoms with E-state index < -0.39 is 6.85 Å². The van der Waals surface area contributed by atoms with E-state index in [1.807, 2.05) is 0 Å². The second-order valence-electron chi connectivity index (χ2n) is 6.48. The molecule has 18 heavy (non-hydrogen) atoms. The van der Waals surface area contributed by atoms with Gasteiger partial charge in [-0.1, -0.05) is 59.7 Å². The summed E-state index contributed by atoms with van der Waals surface area (Å²) in [7, 11) is 0. The third kappa shape index (κ3) is 4.02. The third-order valence-corrected chi connectivity index (χ3v) is 3.53. The monoisotopic (exact) mass is 306 g/mol. The zero-order chi connectivity index (χ0) is 14.1. The molecule has 0 fully saturated rings. The van der Waals surface area contributed by atoms with Crippen LogP contribution in [0, 0.1) is 0 Å². The minimum Gasteiger partial charge on any atom is -0.444 e. The van der Waals surface area contributed by atoms with Crippen LogP contribution >= 0.6 is 29.3 Å². The van der Waals surface area contributed by atoms with Gasteiger partial charge in [-0.3, -0.25) is 0 Å². The lowest BCUT2D eigenvalue weighted by molar-refractivity contribution is 0.508. The second-order valence-corrected chi connectivity index (χ2v) is 9.42. The van der Waals surface area contributed by atoms with E-state index in [4.69, 9.17) is 27.0 Å². The average Bonchev–Trinajstić information content (AvgIpc) is 2.13. The molecule has 0 aliphatic rings. The summed E-state index contributed by atoms with van der Waals surface area (Å²) in [5.74, 6) is 0.841. The molecular formula is C14H21Cl2OP. The van der Waals surface area contributed by atoms with Crippen LogP contribution in [0.15, 0.2) is 18.2 Å². The molecule has 0 heterocycles. The summed E-state index contributed by atoms with van der Waals surface area (Å²) in [6.45, 7) is 11.5. The standard InChI is InChI=1S/C14H21Cl2OP/c1-13(2,3)10-8-7-9-11(14(4,5)6)12(10)17-18(15)16/h7-9H,1-6H3. The Balaban J connectivity index is 3.45. The number of benzene rings is 1. The SMILES string of the molecule is CC(C)(C)c1cccc(C(C)(C)C)c1OP(Cl)Cl. The van der Waals surface area contributed by atoms with Crippen molar-refractivity contribution in [3.05, 3.63) is 29.3 Å². The summed E-state index contributed by atoms with van der Waals surface area (Å²) >= 11 is 11.7. The summed E-state index contributed by atoms with van der Waals surface area (Å²) in [5, 5.41) is 0. The minimum atomic E-state index is -1.46. The van der Waals surface area contributed by atoms with Crippen molar-refractivity contribution in [3.8, 4) is 5.75 Å². The van der Waals surface area contributed by atoms with Gasteiger partial charge in [-0.15, -0.1) is 0 Å². The van der Waals surface area contributed by atoms with Gasteiger partial charge in [-0.2, -0.15) is 0 Å². The van der Waals surface area contributed by atoms with Crippen LogP contribution in [-0.4, -0.2) is 0 Å². The second kappa shape index (κ2) is 5.57.